The maximum Gasteiger partial charge on any atom is 0.0342 e. The first-order valence-corrected chi connectivity index (χ1v) is 6.68. The van der Waals surface area contributed by atoms with Crippen molar-refractivity contribution >= 4 is 0 Å². The summed E-state index contributed by atoms with van der Waals surface area (Å²) < 4.78 is 0. The molecule has 0 unspecified atom stereocenters. The number of rotatable bonds is 9. The lowest BCUT2D eigenvalue weighted by molar-refractivity contribution is 0.375. The molecule has 0 radical (unpaired) electrons. The molecular weight excluding hydrogens is 210 g/mol. The highest BCUT2D eigenvalue weighted by molar-refractivity contribution is 4.94. The van der Waals surface area contributed by atoms with Gasteiger partial charge in [-0.05, 0) is 19.3 Å². The first kappa shape index (κ1) is 18.4. The molecule has 0 aliphatic rings. The van der Waals surface area contributed by atoms with E-state index < -0.39 is 0 Å². The Balaban J connectivity index is 0. The summed E-state index contributed by atoms with van der Waals surface area (Å²) in [6.07, 6.45) is 10.1. The van der Waals surface area contributed by atoms with Crippen molar-refractivity contribution < 1.29 is 0 Å². The van der Waals surface area contributed by atoms with Gasteiger partial charge in [0.1, 0.15) is 0 Å². The van der Waals surface area contributed by atoms with Crippen LogP contribution >= 0.6 is 0 Å². The van der Waals surface area contributed by atoms with E-state index in [1.165, 1.54) is 32.1 Å². The van der Waals surface area contributed by atoms with Crippen LogP contribution in [0, 0.1) is 0 Å². The Morgan fingerprint density at radius 2 is 1.59 bits per heavy atom. The Labute approximate surface area is 108 Å². The van der Waals surface area contributed by atoms with Gasteiger partial charge in [0.15, 0.2) is 0 Å². The molecule has 0 saturated carbocycles. The van der Waals surface area contributed by atoms with Crippen LogP contribution in [0.5, 0.6) is 0 Å². The van der Waals surface area contributed by atoms with Gasteiger partial charge < -0.3 is 10.7 Å². The zero-order valence-electron chi connectivity index (χ0n) is 11.8. The first-order valence-electron chi connectivity index (χ1n) is 6.68. The van der Waals surface area contributed by atoms with Gasteiger partial charge in [-0.15, -0.1) is 13.2 Å². The lowest BCUT2D eigenvalue weighted by atomic mass is 10.2. The van der Waals surface area contributed by atoms with Gasteiger partial charge in [0.2, 0.25) is 0 Å². The van der Waals surface area contributed by atoms with Crippen molar-refractivity contribution in [2.75, 3.05) is 6.54 Å². The van der Waals surface area contributed by atoms with Crippen molar-refractivity contribution in [3.05, 3.63) is 25.1 Å². The summed E-state index contributed by atoms with van der Waals surface area (Å²) in [6.45, 7) is 11.3. The maximum absolute atomic E-state index is 5.86. The molecule has 3 nitrogen and oxygen atoms in total. The predicted molar refractivity (Wildman–Crippen MR) is 78.1 cm³/mol. The molecular formula is C14H31N3. The second kappa shape index (κ2) is 15.0. The molecule has 0 aromatic rings. The molecule has 0 amide bonds. The highest BCUT2D eigenvalue weighted by Gasteiger charge is 1.96. The third kappa shape index (κ3) is 15.0. The van der Waals surface area contributed by atoms with Crippen molar-refractivity contribution in [3.8, 4) is 0 Å². The van der Waals surface area contributed by atoms with E-state index in [0.717, 1.165) is 25.1 Å². The van der Waals surface area contributed by atoms with Gasteiger partial charge >= 0.3 is 0 Å². The monoisotopic (exact) mass is 241 g/mol. The zero-order valence-corrected chi connectivity index (χ0v) is 11.8. The fraction of sp³-hybridized carbons (Fsp3) is 0.714. The Kier molecular flexibility index (Phi) is 16.3. The van der Waals surface area contributed by atoms with E-state index in [1.807, 2.05) is 6.20 Å². The van der Waals surface area contributed by atoms with Gasteiger partial charge in [0.25, 0.3) is 0 Å². The van der Waals surface area contributed by atoms with Crippen LogP contribution in [-0.2, 0) is 0 Å². The lowest BCUT2D eigenvalue weighted by Gasteiger charge is -2.14. The van der Waals surface area contributed by atoms with E-state index in [0.29, 0.717) is 0 Å². The predicted octanol–water partition coefficient (Wildman–Crippen LogP) is 3.53. The summed E-state index contributed by atoms with van der Waals surface area (Å²) in [7, 11) is 0. The van der Waals surface area contributed by atoms with Crippen LogP contribution in [-0.4, -0.2) is 11.6 Å². The van der Waals surface area contributed by atoms with Gasteiger partial charge in [0, 0.05) is 18.4 Å². The second-order valence-corrected chi connectivity index (χ2v) is 4.11. The van der Waals surface area contributed by atoms with Crippen molar-refractivity contribution in [1.29, 1.82) is 0 Å². The summed E-state index contributed by atoms with van der Waals surface area (Å²) in [6, 6.07) is 0. The van der Waals surface area contributed by atoms with Crippen molar-refractivity contribution in [1.82, 2.24) is 5.01 Å². The van der Waals surface area contributed by atoms with Gasteiger partial charge in [-0.1, -0.05) is 39.5 Å². The zero-order chi connectivity index (χ0) is 13.5. The van der Waals surface area contributed by atoms with Crippen molar-refractivity contribution in [2.24, 2.45) is 11.6 Å². The molecule has 0 spiro atoms. The molecule has 0 bridgehead atoms. The highest BCUT2D eigenvalue weighted by atomic mass is 15.4. The molecule has 0 saturated heterocycles. The number of hydrazine groups is 1. The third-order valence-electron chi connectivity index (χ3n) is 2.42. The SMILES string of the molecule is C=C.CCCCC/C(N)=C/N(N)CCCCC. The summed E-state index contributed by atoms with van der Waals surface area (Å²) in [5.74, 6) is 5.80. The Morgan fingerprint density at radius 3 is 2.12 bits per heavy atom. The lowest BCUT2D eigenvalue weighted by Crippen LogP contribution is -2.27. The molecule has 0 aliphatic carbocycles. The molecule has 0 aromatic heterocycles. The smallest absolute Gasteiger partial charge is 0.0342 e. The van der Waals surface area contributed by atoms with Crippen LogP contribution in [0.3, 0.4) is 0 Å². The Bertz CT molecular complexity index is 178. The van der Waals surface area contributed by atoms with Crippen LogP contribution in [0.4, 0.5) is 0 Å². The normalized spacial score (nSPS) is 10.6. The summed E-state index contributed by atoms with van der Waals surface area (Å²) in [4.78, 5) is 0. The molecule has 4 N–H and O–H groups in total. The molecule has 0 rings (SSSR count). The molecule has 102 valence electrons. The van der Waals surface area contributed by atoms with Crippen LogP contribution in [0.15, 0.2) is 25.1 Å². The average molecular weight is 241 g/mol. The molecule has 0 fully saturated rings. The number of hydrogen-bond donors (Lipinski definition) is 2. The number of unbranched alkanes of at least 4 members (excludes halogenated alkanes) is 4. The maximum atomic E-state index is 5.86. The van der Waals surface area contributed by atoms with E-state index in [1.54, 1.807) is 5.01 Å². The van der Waals surface area contributed by atoms with Gasteiger partial charge in [0.05, 0.1) is 0 Å². The third-order valence-corrected chi connectivity index (χ3v) is 2.42. The summed E-state index contributed by atoms with van der Waals surface area (Å²) >= 11 is 0. The van der Waals surface area contributed by atoms with E-state index in [9.17, 15) is 0 Å². The Morgan fingerprint density at radius 1 is 1.06 bits per heavy atom. The molecule has 0 atom stereocenters. The van der Waals surface area contributed by atoms with Gasteiger partial charge in [-0.2, -0.15) is 0 Å². The average Bonchev–Trinajstić information content (AvgIpc) is 2.32. The minimum atomic E-state index is 0.905. The minimum Gasteiger partial charge on any atom is -0.401 e. The molecule has 0 aromatic carbocycles. The van der Waals surface area contributed by atoms with E-state index >= 15 is 0 Å². The van der Waals surface area contributed by atoms with Crippen LogP contribution < -0.4 is 11.6 Å². The fourth-order valence-corrected chi connectivity index (χ4v) is 1.47. The van der Waals surface area contributed by atoms with Gasteiger partial charge in [-0.3, -0.25) is 0 Å². The van der Waals surface area contributed by atoms with E-state index in [2.05, 4.69) is 27.0 Å². The Hall–Kier alpha value is -0.960. The van der Waals surface area contributed by atoms with E-state index in [4.69, 9.17) is 11.6 Å². The van der Waals surface area contributed by atoms with Gasteiger partial charge in [-0.25, -0.2) is 5.84 Å². The minimum absolute atomic E-state index is 0.905. The fourth-order valence-electron chi connectivity index (χ4n) is 1.47. The number of nitrogens with two attached hydrogens (primary N) is 2. The number of nitrogens with zero attached hydrogens (tertiary/aromatic N) is 1. The quantitative estimate of drug-likeness (QED) is 0.281. The molecule has 0 heterocycles. The van der Waals surface area contributed by atoms with E-state index in [-0.39, 0.29) is 0 Å². The number of hydrogen-bond acceptors (Lipinski definition) is 3. The second-order valence-electron chi connectivity index (χ2n) is 4.11. The summed E-state index contributed by atoms with van der Waals surface area (Å²) in [5.41, 5.74) is 6.76. The topological polar surface area (TPSA) is 55.3 Å². The molecule has 17 heavy (non-hydrogen) atoms. The van der Waals surface area contributed by atoms with Crippen molar-refractivity contribution in [2.45, 2.75) is 58.8 Å². The molecule has 3 heteroatoms. The highest BCUT2D eigenvalue weighted by Crippen LogP contribution is 2.04. The van der Waals surface area contributed by atoms with Crippen LogP contribution in [0.25, 0.3) is 0 Å². The largest absolute Gasteiger partial charge is 0.401 e. The number of allylic oxidation sites excluding steroid dienone is 1. The standard InChI is InChI=1S/C12H27N3.C2H4/c1-3-5-7-9-12(13)11-15(14)10-8-6-4-2;1-2/h11H,3-10,13-14H2,1-2H3;1-2H2/b12-11-;. The van der Waals surface area contributed by atoms with Crippen LogP contribution in [0.2, 0.25) is 0 Å². The first-order chi connectivity index (χ1) is 8.20. The van der Waals surface area contributed by atoms with Crippen LogP contribution in [0.1, 0.15) is 58.8 Å². The molecule has 0 aliphatic heterocycles. The summed E-state index contributed by atoms with van der Waals surface area (Å²) in [5, 5.41) is 1.72. The van der Waals surface area contributed by atoms with Crippen molar-refractivity contribution in [3.63, 3.8) is 0 Å².